The minimum Gasteiger partial charge on any atom is -0.545 e. The molecule has 4 rings (SSSR count). The van der Waals surface area contributed by atoms with Crippen LogP contribution < -0.4 is 19.7 Å². The number of carboxylic acid groups (broad SMARTS) is 2. The number of rotatable bonds is 10. The summed E-state index contributed by atoms with van der Waals surface area (Å²) in [6.07, 6.45) is 0. The highest BCUT2D eigenvalue weighted by Gasteiger charge is 2.23. The summed E-state index contributed by atoms with van der Waals surface area (Å²) >= 11 is 3.25. The van der Waals surface area contributed by atoms with E-state index >= 15 is 0 Å². The Kier molecular flexibility index (Phi) is 9.43. The van der Waals surface area contributed by atoms with Crippen LogP contribution in [0.25, 0.3) is 0 Å². The molecule has 0 N–H and O–H groups in total. The fraction of sp³-hybridized carbons (Fsp3) is 0.0323. The maximum absolute atomic E-state index is 13.0. The first-order valence-electron chi connectivity index (χ1n) is 12.2. The number of ether oxygens (including phenoxy) is 3. The van der Waals surface area contributed by atoms with E-state index in [1.807, 2.05) is 0 Å². The van der Waals surface area contributed by atoms with Crippen molar-refractivity contribution in [2.75, 3.05) is 6.61 Å². The Hall–Kier alpha value is -5.62. The predicted octanol–water partition coefficient (Wildman–Crippen LogP) is 2.65. The van der Waals surface area contributed by atoms with Crippen LogP contribution in [-0.2, 0) is 4.74 Å². The van der Waals surface area contributed by atoms with Gasteiger partial charge in [-0.1, -0.05) is 64.5 Å². The molecule has 0 fully saturated rings. The van der Waals surface area contributed by atoms with Crippen molar-refractivity contribution in [2.24, 2.45) is 0 Å². The number of aromatic carboxylic acids is 2. The van der Waals surface area contributed by atoms with Gasteiger partial charge in [-0.3, -0.25) is 4.79 Å². The van der Waals surface area contributed by atoms with E-state index in [1.165, 1.54) is 42.5 Å². The molecule has 0 heterocycles. The van der Waals surface area contributed by atoms with Crippen molar-refractivity contribution in [3.63, 3.8) is 0 Å². The lowest BCUT2D eigenvalue weighted by molar-refractivity contribution is -0.256. The molecule has 12 heteroatoms. The zero-order valence-electron chi connectivity index (χ0n) is 21.7. The molecule has 216 valence electrons. The Balaban J connectivity index is 1.63. The second-order valence-corrected chi connectivity index (χ2v) is 9.52. The molecule has 0 aromatic heterocycles. The molecule has 0 aliphatic rings. The van der Waals surface area contributed by atoms with Crippen LogP contribution in [0.3, 0.4) is 0 Å². The fourth-order valence-corrected chi connectivity index (χ4v) is 4.01. The lowest BCUT2D eigenvalue weighted by atomic mass is 10.1. The second kappa shape index (κ2) is 13.4. The van der Waals surface area contributed by atoms with E-state index in [0.29, 0.717) is 0 Å². The van der Waals surface area contributed by atoms with Crippen molar-refractivity contribution in [1.29, 1.82) is 0 Å². The second-order valence-electron chi connectivity index (χ2n) is 8.61. The Bertz CT molecular complexity index is 1760. The third-order valence-corrected chi connectivity index (χ3v) is 6.35. The van der Waals surface area contributed by atoms with E-state index in [4.69, 9.17) is 14.2 Å². The van der Waals surface area contributed by atoms with Crippen molar-refractivity contribution in [2.45, 2.75) is 0 Å². The fourth-order valence-electron chi connectivity index (χ4n) is 3.74. The number of ketones is 1. The summed E-state index contributed by atoms with van der Waals surface area (Å²) in [5.41, 5.74) is -1.78. The Labute approximate surface area is 251 Å². The lowest BCUT2D eigenvalue weighted by Crippen LogP contribution is -2.26. The summed E-state index contributed by atoms with van der Waals surface area (Å²) in [4.78, 5) is 74.0. The number of benzene rings is 4. The van der Waals surface area contributed by atoms with E-state index < -0.39 is 64.7 Å². The number of halogens is 1. The Morgan fingerprint density at radius 3 is 1.63 bits per heavy atom. The summed E-state index contributed by atoms with van der Waals surface area (Å²) in [5, 5.41) is 22.9. The number of esters is 3. The highest BCUT2D eigenvalue weighted by atomic mass is 79.9. The highest BCUT2D eigenvalue weighted by Crippen LogP contribution is 2.28. The smallest absolute Gasteiger partial charge is 0.344 e. The molecule has 0 aliphatic carbocycles. The molecular formula is C31H17BrO11-2. The summed E-state index contributed by atoms with van der Waals surface area (Å²) in [6, 6.07) is 19.6. The summed E-state index contributed by atoms with van der Waals surface area (Å²) in [5.74, 6) is -8.01. The summed E-state index contributed by atoms with van der Waals surface area (Å²) in [7, 11) is 0. The molecule has 0 atom stereocenters. The van der Waals surface area contributed by atoms with Crippen molar-refractivity contribution < 1.29 is 53.2 Å². The average Bonchev–Trinajstić information content (AvgIpc) is 3.00. The molecule has 0 saturated carbocycles. The van der Waals surface area contributed by atoms with Gasteiger partial charge in [0.2, 0.25) is 0 Å². The first kappa shape index (κ1) is 30.3. The molecule has 0 radical (unpaired) electrons. The maximum atomic E-state index is 13.0. The zero-order valence-corrected chi connectivity index (χ0v) is 23.3. The molecule has 0 saturated heterocycles. The van der Waals surface area contributed by atoms with Gasteiger partial charge in [-0.25, -0.2) is 14.4 Å². The maximum Gasteiger partial charge on any atom is 0.344 e. The topological polar surface area (TPSA) is 176 Å². The Morgan fingerprint density at radius 2 is 1.09 bits per heavy atom. The first-order valence-corrected chi connectivity index (χ1v) is 13.0. The van der Waals surface area contributed by atoms with Crippen LogP contribution in [0.1, 0.15) is 62.1 Å². The van der Waals surface area contributed by atoms with Crippen molar-refractivity contribution in [3.05, 3.63) is 129 Å². The van der Waals surface area contributed by atoms with Gasteiger partial charge in [-0.2, -0.15) is 0 Å². The van der Waals surface area contributed by atoms with Crippen LogP contribution in [0.2, 0.25) is 0 Å². The van der Waals surface area contributed by atoms with Gasteiger partial charge >= 0.3 is 17.9 Å². The number of carboxylic acids is 2. The van der Waals surface area contributed by atoms with E-state index in [9.17, 15) is 39.0 Å². The first-order chi connectivity index (χ1) is 20.5. The van der Waals surface area contributed by atoms with Crippen LogP contribution in [-0.4, -0.2) is 42.2 Å². The van der Waals surface area contributed by atoms with Gasteiger partial charge in [-0.15, -0.1) is 0 Å². The van der Waals surface area contributed by atoms with Gasteiger partial charge in [0.1, 0.15) is 17.1 Å². The van der Waals surface area contributed by atoms with Crippen molar-refractivity contribution in [3.8, 4) is 11.5 Å². The highest BCUT2D eigenvalue weighted by molar-refractivity contribution is 9.10. The molecule has 11 nitrogen and oxygen atoms in total. The molecule has 43 heavy (non-hydrogen) atoms. The molecule has 4 aromatic carbocycles. The Morgan fingerprint density at radius 1 is 0.581 bits per heavy atom. The third kappa shape index (κ3) is 7.37. The number of hydrogen-bond donors (Lipinski definition) is 0. The largest absolute Gasteiger partial charge is 0.545 e. The number of carbonyl (C=O) groups is 6. The zero-order chi connectivity index (χ0) is 31.1. The molecule has 0 aliphatic heterocycles. The minimum atomic E-state index is -1.66. The van der Waals surface area contributed by atoms with Crippen molar-refractivity contribution >= 4 is 51.6 Å². The van der Waals surface area contributed by atoms with Gasteiger partial charge < -0.3 is 34.0 Å². The monoisotopic (exact) mass is 644 g/mol. The van der Waals surface area contributed by atoms with Gasteiger partial charge in [-0.05, 0) is 36.4 Å². The number of Topliss-reactive ketones (excluding diaryl/α,β-unsaturated/α-hetero) is 1. The van der Waals surface area contributed by atoms with Crippen LogP contribution >= 0.6 is 15.9 Å². The minimum absolute atomic E-state index is 0.264. The quantitative estimate of drug-likeness (QED) is 0.141. The van der Waals surface area contributed by atoms with E-state index in [1.54, 1.807) is 12.1 Å². The molecule has 0 amide bonds. The van der Waals surface area contributed by atoms with E-state index in [-0.39, 0.29) is 22.4 Å². The van der Waals surface area contributed by atoms with Crippen LogP contribution in [0, 0.1) is 0 Å². The number of hydrogen-bond acceptors (Lipinski definition) is 11. The van der Waals surface area contributed by atoms with E-state index in [2.05, 4.69) is 15.9 Å². The molecule has 0 spiro atoms. The molecule has 4 aromatic rings. The SMILES string of the molecule is O=C(COC(=O)c1ccc(OC(=O)c2ccccc2C(=O)[O-])cc1OC(=O)c1ccccc1C(=O)[O-])c1ccc(Br)cc1. The van der Waals surface area contributed by atoms with Crippen LogP contribution in [0.15, 0.2) is 95.5 Å². The van der Waals surface area contributed by atoms with Gasteiger partial charge in [0, 0.05) is 27.2 Å². The van der Waals surface area contributed by atoms with Gasteiger partial charge in [0.25, 0.3) is 0 Å². The van der Waals surface area contributed by atoms with E-state index in [0.717, 1.165) is 40.9 Å². The average molecular weight is 645 g/mol. The van der Waals surface area contributed by atoms with Crippen LogP contribution in [0.4, 0.5) is 0 Å². The van der Waals surface area contributed by atoms with Gasteiger partial charge in [0.15, 0.2) is 12.4 Å². The molecule has 0 unspecified atom stereocenters. The number of carbonyl (C=O) groups excluding carboxylic acids is 6. The normalized spacial score (nSPS) is 10.3. The predicted molar refractivity (Wildman–Crippen MR) is 147 cm³/mol. The summed E-state index contributed by atoms with van der Waals surface area (Å²) < 4.78 is 16.4. The van der Waals surface area contributed by atoms with Crippen LogP contribution in [0.5, 0.6) is 11.5 Å². The lowest BCUT2D eigenvalue weighted by Gasteiger charge is -2.14. The standard InChI is InChI=1S/C31H19BrO11/c32-18-11-9-17(10-12-18)25(33)16-41-29(38)24-14-13-19(42-30(39)22-7-3-1-5-20(22)27(34)35)15-26(24)43-31(40)23-8-4-2-6-21(23)28(36)37/h1-15H,16H2,(H,34,35)(H,36,37)/p-2. The molecule has 0 bridgehead atoms. The summed E-state index contributed by atoms with van der Waals surface area (Å²) in [6.45, 7) is -0.669. The van der Waals surface area contributed by atoms with Crippen molar-refractivity contribution in [1.82, 2.24) is 0 Å². The third-order valence-electron chi connectivity index (χ3n) is 5.82. The molecular weight excluding hydrogens is 628 g/mol. The van der Waals surface area contributed by atoms with Gasteiger partial charge in [0.05, 0.1) is 23.1 Å².